The van der Waals surface area contributed by atoms with E-state index >= 15 is 0 Å². The minimum atomic E-state index is 0.645. The molecule has 0 saturated heterocycles. The first-order valence-electron chi connectivity index (χ1n) is 9.39. The lowest BCUT2D eigenvalue weighted by atomic mass is 9.96. The Morgan fingerprint density at radius 2 is 1.70 bits per heavy atom. The molecule has 23 heavy (non-hydrogen) atoms. The van der Waals surface area contributed by atoms with Crippen molar-refractivity contribution >= 4 is 27.1 Å². The molecule has 1 aromatic carbocycles. The molecule has 0 radical (unpaired) electrons. The van der Waals surface area contributed by atoms with Crippen LogP contribution in [0.15, 0.2) is 24.3 Å². The molecule has 1 nitrogen and oxygen atoms in total. The summed E-state index contributed by atoms with van der Waals surface area (Å²) in [6.07, 6.45) is 8.13. The maximum absolute atomic E-state index is 3.60. The summed E-state index contributed by atoms with van der Waals surface area (Å²) >= 11 is 1.96. The lowest BCUT2D eigenvalue weighted by Crippen LogP contribution is -2.00. The van der Waals surface area contributed by atoms with Gasteiger partial charge in [0, 0.05) is 21.8 Å². The lowest BCUT2D eigenvalue weighted by molar-refractivity contribution is 0.542. The quantitative estimate of drug-likeness (QED) is 0.446. The molecule has 0 spiro atoms. The first-order valence-corrected chi connectivity index (χ1v) is 10.2. The van der Waals surface area contributed by atoms with Crippen LogP contribution in [-0.2, 0) is 0 Å². The molecule has 2 heteroatoms. The topological polar surface area (TPSA) is 12.0 Å². The number of hydrogen-bond acceptors (Lipinski definition) is 2. The van der Waals surface area contributed by atoms with Gasteiger partial charge in [0.05, 0.1) is 0 Å². The zero-order valence-corrected chi connectivity index (χ0v) is 16.1. The van der Waals surface area contributed by atoms with Gasteiger partial charge in [-0.25, -0.2) is 0 Å². The Morgan fingerprint density at radius 1 is 0.957 bits per heavy atom. The molecule has 0 aliphatic heterocycles. The molecular formula is C21H33NS. The molecule has 0 amide bonds. The van der Waals surface area contributed by atoms with Crippen molar-refractivity contribution in [2.75, 3.05) is 11.9 Å². The Hall–Kier alpha value is -1.02. The van der Waals surface area contributed by atoms with E-state index in [1.165, 1.54) is 59.2 Å². The van der Waals surface area contributed by atoms with Gasteiger partial charge in [0.2, 0.25) is 0 Å². The van der Waals surface area contributed by atoms with Gasteiger partial charge in [-0.1, -0.05) is 65.9 Å². The minimum absolute atomic E-state index is 0.645. The Morgan fingerprint density at radius 3 is 2.43 bits per heavy atom. The van der Waals surface area contributed by atoms with E-state index in [9.17, 15) is 0 Å². The maximum Gasteiger partial charge on any atom is 0.0366 e. The summed E-state index contributed by atoms with van der Waals surface area (Å²) in [5, 5.41) is 4.99. The highest BCUT2D eigenvalue weighted by Gasteiger charge is 2.13. The van der Waals surface area contributed by atoms with Crippen molar-refractivity contribution in [2.24, 2.45) is 5.92 Å². The summed E-state index contributed by atoms with van der Waals surface area (Å²) in [6.45, 7) is 10.3. The fourth-order valence-corrected chi connectivity index (χ4v) is 4.18. The number of thiophene rings is 1. The van der Waals surface area contributed by atoms with Gasteiger partial charge >= 0.3 is 0 Å². The smallest absolute Gasteiger partial charge is 0.0366 e. The van der Waals surface area contributed by atoms with E-state index in [1.54, 1.807) is 0 Å². The molecule has 128 valence electrons. The fourth-order valence-electron chi connectivity index (χ4n) is 2.85. The number of benzene rings is 1. The van der Waals surface area contributed by atoms with Crippen LogP contribution >= 0.6 is 11.3 Å². The molecule has 1 atom stereocenters. The highest BCUT2D eigenvalue weighted by atomic mass is 32.1. The van der Waals surface area contributed by atoms with Gasteiger partial charge in [-0.15, -0.1) is 11.3 Å². The predicted octanol–water partition coefficient (Wildman–Crippen LogP) is 7.43. The number of hydrogen-bond donors (Lipinski definition) is 1. The molecule has 0 fully saturated rings. The third kappa shape index (κ3) is 5.53. The van der Waals surface area contributed by atoms with Crippen LogP contribution in [0.4, 0.5) is 5.69 Å². The Balaban J connectivity index is 1.85. The molecule has 0 aliphatic rings. The zero-order valence-electron chi connectivity index (χ0n) is 15.3. The van der Waals surface area contributed by atoms with Gasteiger partial charge in [0.25, 0.3) is 0 Å². The second-order valence-electron chi connectivity index (χ2n) is 7.13. The molecule has 2 rings (SSSR count). The van der Waals surface area contributed by atoms with E-state index in [-0.39, 0.29) is 0 Å². The van der Waals surface area contributed by atoms with Crippen LogP contribution in [0.25, 0.3) is 10.1 Å². The van der Waals surface area contributed by atoms with Gasteiger partial charge in [-0.05, 0) is 41.8 Å². The van der Waals surface area contributed by atoms with Crippen LogP contribution in [0.5, 0.6) is 0 Å². The van der Waals surface area contributed by atoms with E-state index in [2.05, 4.69) is 57.3 Å². The van der Waals surface area contributed by atoms with Crippen molar-refractivity contribution in [1.82, 2.24) is 0 Å². The zero-order chi connectivity index (χ0) is 16.7. The number of rotatable bonds is 10. The standard InChI is InChI=1S/C21H33NS/c1-5-6-7-8-9-10-13-22-19-12-11-18-14-20(17(4)16(2)3)23-21(18)15-19/h11-12,14-17,22H,5-10,13H2,1-4H3. The Kier molecular flexibility index (Phi) is 7.42. The summed E-state index contributed by atoms with van der Waals surface area (Å²) in [6, 6.07) is 9.21. The SMILES string of the molecule is CCCCCCCCNc1ccc2cc(C(C)C(C)C)sc2c1. The highest BCUT2D eigenvalue weighted by molar-refractivity contribution is 7.19. The number of fused-ring (bicyclic) bond motifs is 1. The number of anilines is 1. The van der Waals surface area contributed by atoms with Gasteiger partial charge < -0.3 is 5.32 Å². The molecule has 2 aromatic rings. The molecule has 1 aromatic heterocycles. The second-order valence-corrected chi connectivity index (χ2v) is 8.24. The third-order valence-electron chi connectivity index (χ3n) is 4.85. The van der Waals surface area contributed by atoms with E-state index in [4.69, 9.17) is 0 Å². The summed E-state index contributed by atoms with van der Waals surface area (Å²) in [7, 11) is 0. The first kappa shape index (κ1) is 18.3. The molecule has 0 saturated carbocycles. The summed E-state index contributed by atoms with van der Waals surface area (Å²) in [4.78, 5) is 1.52. The molecule has 0 bridgehead atoms. The van der Waals surface area contributed by atoms with Crippen molar-refractivity contribution in [1.29, 1.82) is 0 Å². The van der Waals surface area contributed by atoms with E-state index < -0.39 is 0 Å². The van der Waals surface area contributed by atoms with Gasteiger partial charge in [-0.2, -0.15) is 0 Å². The van der Waals surface area contributed by atoms with Crippen LogP contribution in [0.3, 0.4) is 0 Å². The van der Waals surface area contributed by atoms with E-state index in [0.29, 0.717) is 11.8 Å². The number of nitrogens with one attached hydrogen (secondary N) is 1. The van der Waals surface area contributed by atoms with E-state index in [0.717, 1.165) is 6.54 Å². The van der Waals surface area contributed by atoms with Crippen molar-refractivity contribution in [3.8, 4) is 0 Å². The van der Waals surface area contributed by atoms with E-state index in [1.807, 2.05) is 11.3 Å². The van der Waals surface area contributed by atoms with Crippen molar-refractivity contribution in [3.63, 3.8) is 0 Å². The average Bonchev–Trinajstić information content (AvgIpc) is 2.96. The summed E-state index contributed by atoms with van der Waals surface area (Å²) in [5.41, 5.74) is 1.27. The number of unbranched alkanes of at least 4 members (excludes halogenated alkanes) is 5. The molecule has 1 N–H and O–H groups in total. The second kappa shape index (κ2) is 9.32. The monoisotopic (exact) mass is 331 g/mol. The summed E-state index contributed by atoms with van der Waals surface area (Å²) in [5.74, 6) is 1.35. The predicted molar refractivity (Wildman–Crippen MR) is 107 cm³/mol. The van der Waals surface area contributed by atoms with Gasteiger partial charge in [0.1, 0.15) is 0 Å². The van der Waals surface area contributed by atoms with Gasteiger partial charge in [-0.3, -0.25) is 0 Å². The van der Waals surface area contributed by atoms with Crippen LogP contribution in [0, 0.1) is 5.92 Å². The minimum Gasteiger partial charge on any atom is -0.385 e. The Bertz CT molecular complexity index is 585. The first-order chi connectivity index (χ1) is 11.1. The molecule has 1 heterocycles. The van der Waals surface area contributed by atoms with Crippen LogP contribution in [0.1, 0.15) is 77.0 Å². The molecule has 0 aliphatic carbocycles. The third-order valence-corrected chi connectivity index (χ3v) is 6.15. The van der Waals surface area contributed by atoms with Crippen molar-refractivity contribution in [2.45, 2.75) is 72.1 Å². The normalized spacial score (nSPS) is 12.9. The van der Waals surface area contributed by atoms with Crippen LogP contribution in [0.2, 0.25) is 0 Å². The van der Waals surface area contributed by atoms with Gasteiger partial charge in [0.15, 0.2) is 0 Å². The van der Waals surface area contributed by atoms with Crippen LogP contribution in [-0.4, -0.2) is 6.54 Å². The molecule has 1 unspecified atom stereocenters. The fraction of sp³-hybridized carbons (Fsp3) is 0.619. The average molecular weight is 332 g/mol. The van der Waals surface area contributed by atoms with Crippen molar-refractivity contribution in [3.05, 3.63) is 29.1 Å². The summed E-state index contributed by atoms with van der Waals surface area (Å²) < 4.78 is 1.42. The maximum atomic E-state index is 3.60. The largest absolute Gasteiger partial charge is 0.385 e. The van der Waals surface area contributed by atoms with Crippen LogP contribution < -0.4 is 5.32 Å². The lowest BCUT2D eigenvalue weighted by Gasteiger charge is -2.12. The highest BCUT2D eigenvalue weighted by Crippen LogP contribution is 2.35. The molecular weight excluding hydrogens is 298 g/mol. The Labute approximate surface area is 146 Å². The van der Waals surface area contributed by atoms with Crippen molar-refractivity contribution < 1.29 is 0 Å².